The molecule has 0 spiro atoms. The predicted octanol–water partition coefficient (Wildman–Crippen LogP) is 4.19. The molecule has 4 rings (SSSR count). The van der Waals surface area contributed by atoms with Crippen molar-refractivity contribution in [2.24, 2.45) is 0 Å². The van der Waals surface area contributed by atoms with Gasteiger partial charge in [-0.15, -0.1) is 0 Å². The number of allylic oxidation sites excluding steroid dienone is 3. The van der Waals surface area contributed by atoms with Crippen LogP contribution in [0.15, 0.2) is 58.2 Å². The first kappa shape index (κ1) is 22.0. The van der Waals surface area contributed by atoms with Gasteiger partial charge in [0, 0.05) is 49.6 Å². The molecule has 1 aliphatic heterocycles. The van der Waals surface area contributed by atoms with Gasteiger partial charge < -0.3 is 24.3 Å². The molecule has 2 aliphatic rings. The van der Waals surface area contributed by atoms with Crippen LogP contribution in [0.1, 0.15) is 54.5 Å². The van der Waals surface area contributed by atoms with Crippen LogP contribution in [-0.4, -0.2) is 49.1 Å². The highest BCUT2D eigenvalue weighted by Gasteiger charge is 2.29. The molecule has 1 N–H and O–H groups in total. The third-order valence-corrected chi connectivity index (χ3v) is 6.10. The van der Waals surface area contributed by atoms with E-state index in [-0.39, 0.29) is 5.91 Å². The first-order valence-corrected chi connectivity index (χ1v) is 11.2. The number of aromatic nitrogens is 1. The topological polar surface area (TPSA) is 70.8 Å². The van der Waals surface area contributed by atoms with Crippen molar-refractivity contribution in [1.29, 1.82) is 0 Å². The number of carbonyl (C=O) groups excluding carboxylic acids is 1. The Kier molecular flexibility index (Phi) is 6.53. The van der Waals surface area contributed by atoms with E-state index in [1.54, 1.807) is 7.11 Å². The Bertz CT molecular complexity index is 1030. The van der Waals surface area contributed by atoms with Gasteiger partial charge in [-0.3, -0.25) is 4.79 Å². The van der Waals surface area contributed by atoms with Crippen molar-refractivity contribution in [2.45, 2.75) is 39.5 Å². The molecule has 1 saturated heterocycles. The molecule has 0 unspecified atom stereocenters. The highest BCUT2D eigenvalue weighted by atomic mass is 16.5. The minimum Gasteiger partial charge on any atom is -0.501 e. The summed E-state index contributed by atoms with van der Waals surface area (Å²) in [6.45, 7) is 9.49. The molecule has 2 aromatic rings. The van der Waals surface area contributed by atoms with Gasteiger partial charge >= 0.3 is 0 Å². The summed E-state index contributed by atoms with van der Waals surface area (Å²) in [4.78, 5) is 21.9. The normalized spacial score (nSPS) is 17.8. The third-order valence-electron chi connectivity index (χ3n) is 6.10. The number of amides is 1. The van der Waals surface area contributed by atoms with E-state index in [0.717, 1.165) is 56.2 Å². The average molecular weight is 437 g/mol. The van der Waals surface area contributed by atoms with E-state index in [9.17, 15) is 4.79 Å². The van der Waals surface area contributed by atoms with Crippen LogP contribution in [0, 0.1) is 6.92 Å². The Balaban J connectivity index is 1.49. The molecule has 0 bridgehead atoms. The quantitative estimate of drug-likeness (QED) is 0.518. The van der Waals surface area contributed by atoms with Crippen LogP contribution >= 0.6 is 0 Å². The molecule has 0 atom stereocenters. The smallest absolute Gasteiger partial charge is 0.277 e. The molecular formula is C25H32N4O3. The number of carbonyl (C=O) groups is 1. The molecule has 1 saturated carbocycles. The lowest BCUT2D eigenvalue weighted by molar-refractivity contribution is 0.0959. The molecule has 1 amide bonds. The number of benzene rings is 1. The summed E-state index contributed by atoms with van der Waals surface area (Å²) < 4.78 is 10.9. The predicted molar refractivity (Wildman–Crippen MR) is 124 cm³/mol. The number of nitrogens with one attached hydrogen (secondary N) is 1. The van der Waals surface area contributed by atoms with Gasteiger partial charge in [-0.2, -0.15) is 0 Å². The number of ether oxygens (including phenoxy) is 1. The van der Waals surface area contributed by atoms with E-state index in [4.69, 9.17) is 9.15 Å². The second-order valence-electron chi connectivity index (χ2n) is 8.53. The number of rotatable bonds is 7. The molecule has 1 aliphatic carbocycles. The Morgan fingerprint density at radius 2 is 1.91 bits per heavy atom. The zero-order valence-electron chi connectivity index (χ0n) is 19.4. The fourth-order valence-corrected chi connectivity index (χ4v) is 4.00. The number of anilines is 1. The number of aryl methyl sites for hydroxylation is 1. The summed E-state index contributed by atoms with van der Waals surface area (Å²) in [5.41, 5.74) is 4.61. The van der Waals surface area contributed by atoms with Gasteiger partial charge in [0.1, 0.15) is 6.26 Å². The van der Waals surface area contributed by atoms with Crippen molar-refractivity contribution < 1.29 is 13.9 Å². The number of hydrogen-bond acceptors (Lipinski definition) is 6. The van der Waals surface area contributed by atoms with Crippen LogP contribution in [0.3, 0.4) is 0 Å². The molecular weight excluding hydrogens is 404 g/mol. The molecule has 0 radical (unpaired) electrons. The number of nitrogens with zero attached hydrogens (tertiary/aromatic N) is 3. The van der Waals surface area contributed by atoms with Crippen LogP contribution in [0.5, 0.6) is 0 Å². The van der Waals surface area contributed by atoms with E-state index >= 15 is 0 Å². The monoisotopic (exact) mass is 436 g/mol. The summed E-state index contributed by atoms with van der Waals surface area (Å²) in [6.07, 6.45) is 5.60. The van der Waals surface area contributed by atoms with Gasteiger partial charge in [0.15, 0.2) is 11.6 Å². The maximum atomic E-state index is 12.8. The van der Waals surface area contributed by atoms with Crippen molar-refractivity contribution in [3.05, 3.63) is 70.9 Å². The number of piperazine rings is 1. The van der Waals surface area contributed by atoms with Gasteiger partial charge in [-0.25, -0.2) is 4.98 Å². The van der Waals surface area contributed by atoms with E-state index in [1.165, 1.54) is 17.5 Å². The molecule has 1 aromatic heterocycles. The van der Waals surface area contributed by atoms with Gasteiger partial charge in [0.05, 0.1) is 18.6 Å². The van der Waals surface area contributed by atoms with Crippen LogP contribution in [0.2, 0.25) is 0 Å². The first-order valence-electron chi connectivity index (χ1n) is 11.2. The van der Waals surface area contributed by atoms with Crippen LogP contribution in [-0.2, 0) is 4.74 Å². The van der Waals surface area contributed by atoms with E-state index in [0.29, 0.717) is 17.5 Å². The van der Waals surface area contributed by atoms with Crippen molar-refractivity contribution in [3.8, 4) is 0 Å². The molecule has 2 heterocycles. The molecule has 170 valence electrons. The minimum absolute atomic E-state index is 0.252. The summed E-state index contributed by atoms with van der Waals surface area (Å²) in [7, 11) is 1.66. The van der Waals surface area contributed by atoms with Gasteiger partial charge in [-0.1, -0.05) is 18.2 Å². The number of para-hydroxylation sites is 1. The lowest BCUT2D eigenvalue weighted by Crippen LogP contribution is -2.46. The van der Waals surface area contributed by atoms with Crippen LogP contribution in [0.25, 0.3) is 0 Å². The Hall–Kier alpha value is -3.22. The van der Waals surface area contributed by atoms with Crippen molar-refractivity contribution >= 4 is 11.6 Å². The average Bonchev–Trinajstić information content (AvgIpc) is 3.53. The molecule has 7 nitrogen and oxygen atoms in total. The first-order chi connectivity index (χ1) is 15.5. The summed E-state index contributed by atoms with van der Waals surface area (Å²) in [6, 6.07) is 8.48. The zero-order chi connectivity index (χ0) is 22.7. The van der Waals surface area contributed by atoms with E-state index in [2.05, 4.69) is 51.3 Å². The van der Waals surface area contributed by atoms with E-state index < -0.39 is 0 Å². The Morgan fingerprint density at radius 3 is 2.56 bits per heavy atom. The van der Waals surface area contributed by atoms with Crippen LogP contribution in [0.4, 0.5) is 5.69 Å². The van der Waals surface area contributed by atoms with Gasteiger partial charge in [-0.05, 0) is 45.2 Å². The molecule has 32 heavy (non-hydrogen) atoms. The standard InChI is InChI=1S/C25H32N4O3/c1-17-7-5-6-8-22(17)28-11-13-29(14-12-28)23(15-18(2)31-4)19(3)26-24(30)21-16-32-25(27-21)20-9-10-20/h5-8,15-16,20H,9-14H2,1-4H3,(H,26,30)/b18-15+,23-19-. The van der Waals surface area contributed by atoms with Crippen LogP contribution < -0.4 is 10.2 Å². The fraction of sp³-hybridized carbons (Fsp3) is 0.440. The lowest BCUT2D eigenvalue weighted by Gasteiger charge is -2.39. The van der Waals surface area contributed by atoms with Gasteiger partial charge in [0.25, 0.3) is 5.91 Å². The minimum atomic E-state index is -0.252. The number of oxazole rings is 1. The lowest BCUT2D eigenvalue weighted by atomic mass is 10.1. The summed E-state index contributed by atoms with van der Waals surface area (Å²) in [5.74, 6) is 1.57. The van der Waals surface area contributed by atoms with Gasteiger partial charge in [0.2, 0.25) is 0 Å². The second kappa shape index (κ2) is 9.51. The Labute approximate surface area is 189 Å². The Morgan fingerprint density at radius 1 is 1.19 bits per heavy atom. The summed E-state index contributed by atoms with van der Waals surface area (Å²) >= 11 is 0. The van der Waals surface area contributed by atoms with Crippen molar-refractivity contribution in [2.75, 3.05) is 38.2 Å². The number of methoxy groups -OCH3 is 1. The zero-order valence-corrected chi connectivity index (χ0v) is 19.4. The molecule has 1 aromatic carbocycles. The van der Waals surface area contributed by atoms with E-state index in [1.807, 2.05) is 19.9 Å². The molecule has 2 fully saturated rings. The van der Waals surface area contributed by atoms with Crippen molar-refractivity contribution in [3.63, 3.8) is 0 Å². The fourth-order valence-electron chi connectivity index (χ4n) is 4.00. The highest BCUT2D eigenvalue weighted by molar-refractivity contribution is 5.93. The second-order valence-corrected chi connectivity index (χ2v) is 8.53. The van der Waals surface area contributed by atoms with Crippen molar-refractivity contribution in [1.82, 2.24) is 15.2 Å². The highest BCUT2D eigenvalue weighted by Crippen LogP contribution is 2.39. The number of hydrogen-bond donors (Lipinski definition) is 1. The summed E-state index contributed by atoms with van der Waals surface area (Å²) in [5, 5.41) is 3.01. The molecule has 7 heteroatoms. The third kappa shape index (κ3) is 4.98. The SMILES string of the molecule is CO/C(C)=C/C(=C(\C)NC(=O)c1coc(C2CC2)n1)N1CCN(c2ccccc2C)CC1. The maximum Gasteiger partial charge on any atom is 0.277 e. The maximum absolute atomic E-state index is 12.8. The largest absolute Gasteiger partial charge is 0.501 e.